The van der Waals surface area contributed by atoms with Crippen molar-refractivity contribution in [1.82, 2.24) is 9.97 Å². The summed E-state index contributed by atoms with van der Waals surface area (Å²) in [5.41, 5.74) is 1.08. The molecule has 3 aromatic rings. The van der Waals surface area contributed by atoms with Crippen LogP contribution >= 0.6 is 11.3 Å². The van der Waals surface area contributed by atoms with Crippen LogP contribution in [0.1, 0.15) is 13.8 Å². The molecule has 0 saturated carbocycles. The maximum Gasteiger partial charge on any atom is 0.150 e. The van der Waals surface area contributed by atoms with Crippen molar-refractivity contribution < 1.29 is 0 Å². The largest absolute Gasteiger partial charge is 0.356 e. The van der Waals surface area contributed by atoms with Crippen LogP contribution < -0.4 is 4.90 Å². The summed E-state index contributed by atoms with van der Waals surface area (Å²) >= 11 is 1.78. The minimum Gasteiger partial charge on any atom is -0.356 e. The zero-order valence-corrected chi connectivity index (χ0v) is 11.4. The third-order valence-electron chi connectivity index (χ3n) is 3.20. The molecule has 0 atom stereocenters. The van der Waals surface area contributed by atoms with E-state index in [2.05, 4.69) is 53.0 Å². The number of thiophene rings is 1. The fourth-order valence-electron chi connectivity index (χ4n) is 2.26. The van der Waals surface area contributed by atoms with Gasteiger partial charge in [-0.2, -0.15) is 0 Å². The lowest BCUT2D eigenvalue weighted by atomic mass is 10.2. The first-order chi connectivity index (χ1) is 8.85. The predicted octanol–water partition coefficient (Wildman–Crippen LogP) is 3.69. The van der Waals surface area contributed by atoms with Gasteiger partial charge >= 0.3 is 0 Å². The molecule has 2 aromatic heterocycles. The van der Waals surface area contributed by atoms with E-state index in [-0.39, 0.29) is 0 Å². The van der Waals surface area contributed by atoms with Crippen LogP contribution in [0.5, 0.6) is 0 Å². The molecule has 0 aliphatic rings. The Balaban J connectivity index is 2.34. The van der Waals surface area contributed by atoms with Crippen LogP contribution in [0.25, 0.3) is 20.3 Å². The van der Waals surface area contributed by atoms with Gasteiger partial charge in [0.1, 0.15) is 12.1 Å². The SMILES string of the molecule is CCN(CC)c1ncnc2c1sc1ccccc12. The van der Waals surface area contributed by atoms with E-state index < -0.39 is 0 Å². The van der Waals surface area contributed by atoms with Gasteiger partial charge in [-0.25, -0.2) is 9.97 Å². The van der Waals surface area contributed by atoms with Crippen LogP contribution in [-0.2, 0) is 0 Å². The molecule has 4 heteroatoms. The minimum absolute atomic E-state index is 0.969. The lowest BCUT2D eigenvalue weighted by Crippen LogP contribution is -2.22. The van der Waals surface area contributed by atoms with Gasteiger partial charge in [-0.05, 0) is 19.9 Å². The number of hydrogen-bond acceptors (Lipinski definition) is 4. The molecule has 3 nitrogen and oxygen atoms in total. The number of benzene rings is 1. The fraction of sp³-hybridized carbons (Fsp3) is 0.286. The highest BCUT2D eigenvalue weighted by Gasteiger charge is 2.13. The third kappa shape index (κ3) is 1.64. The molecule has 18 heavy (non-hydrogen) atoms. The van der Waals surface area contributed by atoms with E-state index in [0.29, 0.717) is 0 Å². The van der Waals surface area contributed by atoms with E-state index in [9.17, 15) is 0 Å². The average molecular weight is 257 g/mol. The molecule has 0 bridgehead atoms. The topological polar surface area (TPSA) is 29.0 Å². The van der Waals surface area contributed by atoms with Gasteiger partial charge in [-0.15, -0.1) is 11.3 Å². The molecule has 0 unspecified atom stereocenters. The second kappa shape index (κ2) is 4.53. The van der Waals surface area contributed by atoms with Crippen LogP contribution in [0.2, 0.25) is 0 Å². The Hall–Kier alpha value is -1.68. The summed E-state index contributed by atoms with van der Waals surface area (Å²) in [5, 5.41) is 1.23. The van der Waals surface area contributed by atoms with Crippen molar-refractivity contribution >= 4 is 37.5 Å². The zero-order chi connectivity index (χ0) is 12.5. The van der Waals surface area contributed by atoms with E-state index >= 15 is 0 Å². The van der Waals surface area contributed by atoms with Gasteiger partial charge in [0, 0.05) is 23.2 Å². The van der Waals surface area contributed by atoms with Crippen molar-refractivity contribution in [2.24, 2.45) is 0 Å². The van der Waals surface area contributed by atoms with Gasteiger partial charge in [0.05, 0.1) is 10.2 Å². The Kier molecular flexibility index (Phi) is 2.88. The van der Waals surface area contributed by atoms with E-state index in [0.717, 1.165) is 24.4 Å². The van der Waals surface area contributed by atoms with Gasteiger partial charge in [-0.1, -0.05) is 18.2 Å². The molecule has 0 fully saturated rings. The highest BCUT2D eigenvalue weighted by atomic mass is 32.1. The fourth-order valence-corrected chi connectivity index (χ4v) is 3.43. The first kappa shape index (κ1) is 11.4. The Labute approximate surface area is 110 Å². The van der Waals surface area contributed by atoms with E-state index in [4.69, 9.17) is 0 Å². The molecule has 92 valence electrons. The van der Waals surface area contributed by atoms with Crippen molar-refractivity contribution in [1.29, 1.82) is 0 Å². The van der Waals surface area contributed by atoms with Crippen molar-refractivity contribution in [3.8, 4) is 0 Å². The first-order valence-corrected chi connectivity index (χ1v) is 7.04. The molecule has 3 rings (SSSR count). The van der Waals surface area contributed by atoms with Crippen molar-refractivity contribution in [3.05, 3.63) is 30.6 Å². The molecule has 0 amide bonds. The van der Waals surface area contributed by atoms with Gasteiger partial charge in [0.15, 0.2) is 0 Å². The second-order valence-electron chi connectivity index (χ2n) is 4.15. The van der Waals surface area contributed by atoms with Crippen LogP contribution in [0.15, 0.2) is 30.6 Å². The Morgan fingerprint density at radius 1 is 1.11 bits per heavy atom. The Morgan fingerprint density at radius 2 is 1.89 bits per heavy atom. The summed E-state index contributed by atoms with van der Waals surface area (Å²) in [7, 11) is 0. The van der Waals surface area contributed by atoms with E-state index in [1.165, 1.54) is 14.8 Å². The summed E-state index contributed by atoms with van der Waals surface area (Å²) in [4.78, 5) is 11.2. The van der Waals surface area contributed by atoms with Gasteiger partial charge in [0.25, 0.3) is 0 Å². The quantitative estimate of drug-likeness (QED) is 0.716. The number of aromatic nitrogens is 2. The highest BCUT2D eigenvalue weighted by molar-refractivity contribution is 7.26. The first-order valence-electron chi connectivity index (χ1n) is 6.22. The van der Waals surface area contributed by atoms with Crippen molar-refractivity contribution in [2.75, 3.05) is 18.0 Å². The summed E-state index contributed by atoms with van der Waals surface area (Å²) in [6.45, 7) is 6.25. The zero-order valence-electron chi connectivity index (χ0n) is 10.6. The van der Waals surface area contributed by atoms with Crippen LogP contribution in [0.4, 0.5) is 5.82 Å². The monoisotopic (exact) mass is 257 g/mol. The van der Waals surface area contributed by atoms with Gasteiger partial charge in [-0.3, -0.25) is 0 Å². The Bertz CT molecular complexity index is 686. The molecule has 0 N–H and O–H groups in total. The number of fused-ring (bicyclic) bond motifs is 3. The normalized spacial score (nSPS) is 11.2. The second-order valence-corrected chi connectivity index (χ2v) is 5.20. The number of rotatable bonds is 3. The van der Waals surface area contributed by atoms with Gasteiger partial charge < -0.3 is 4.90 Å². The number of hydrogen-bond donors (Lipinski definition) is 0. The lowest BCUT2D eigenvalue weighted by molar-refractivity contribution is 0.850. The molecule has 1 aromatic carbocycles. The predicted molar refractivity (Wildman–Crippen MR) is 78.5 cm³/mol. The molecular formula is C14H15N3S. The average Bonchev–Trinajstić information content (AvgIpc) is 2.80. The molecule has 0 saturated heterocycles. The van der Waals surface area contributed by atoms with Crippen LogP contribution in [0, 0.1) is 0 Å². The summed E-state index contributed by atoms with van der Waals surface area (Å²) in [6.07, 6.45) is 1.68. The highest BCUT2D eigenvalue weighted by Crippen LogP contribution is 2.36. The van der Waals surface area contributed by atoms with Gasteiger partial charge in [0.2, 0.25) is 0 Å². The maximum atomic E-state index is 4.47. The molecule has 0 radical (unpaired) electrons. The Morgan fingerprint density at radius 3 is 2.67 bits per heavy atom. The lowest BCUT2D eigenvalue weighted by Gasteiger charge is -2.19. The summed E-state index contributed by atoms with van der Waals surface area (Å²) in [5.74, 6) is 1.06. The molecule has 2 heterocycles. The van der Waals surface area contributed by atoms with Crippen molar-refractivity contribution in [3.63, 3.8) is 0 Å². The third-order valence-corrected chi connectivity index (χ3v) is 4.36. The molecule has 0 aliphatic carbocycles. The maximum absolute atomic E-state index is 4.47. The number of nitrogens with zero attached hydrogens (tertiary/aromatic N) is 3. The summed E-state index contributed by atoms with van der Waals surface area (Å²) < 4.78 is 2.48. The number of anilines is 1. The molecular weight excluding hydrogens is 242 g/mol. The van der Waals surface area contributed by atoms with E-state index in [1.54, 1.807) is 17.7 Å². The standard InChI is InChI=1S/C14H15N3S/c1-3-17(4-2)14-13-12(15-9-16-14)10-7-5-6-8-11(10)18-13/h5-9H,3-4H2,1-2H3. The minimum atomic E-state index is 0.969. The van der Waals surface area contributed by atoms with Crippen LogP contribution in [0.3, 0.4) is 0 Å². The molecule has 0 aliphatic heterocycles. The van der Waals surface area contributed by atoms with Crippen molar-refractivity contribution in [2.45, 2.75) is 13.8 Å². The van der Waals surface area contributed by atoms with Crippen LogP contribution in [-0.4, -0.2) is 23.1 Å². The van der Waals surface area contributed by atoms with E-state index in [1.807, 2.05) is 0 Å². The summed E-state index contributed by atoms with van der Waals surface area (Å²) in [6, 6.07) is 8.41. The smallest absolute Gasteiger partial charge is 0.150 e. The molecule has 0 spiro atoms.